The van der Waals surface area contributed by atoms with Gasteiger partial charge in [-0.05, 0) is 25.8 Å². The number of ether oxygens (including phenoxy) is 1. The van der Waals surface area contributed by atoms with Crippen molar-refractivity contribution in [3.63, 3.8) is 0 Å². The fourth-order valence-corrected chi connectivity index (χ4v) is 3.28. The minimum absolute atomic E-state index is 0.0253. The molecule has 6 nitrogen and oxygen atoms in total. The topological polar surface area (TPSA) is 67.4 Å². The van der Waals surface area contributed by atoms with Crippen LogP contribution in [0.4, 0.5) is 5.95 Å². The Balaban J connectivity index is 1.71. The van der Waals surface area contributed by atoms with Crippen molar-refractivity contribution in [1.29, 1.82) is 0 Å². The number of nitrogens with one attached hydrogen (secondary N) is 1. The van der Waals surface area contributed by atoms with Gasteiger partial charge in [0.05, 0.1) is 13.2 Å². The van der Waals surface area contributed by atoms with E-state index < -0.39 is 0 Å². The highest BCUT2D eigenvalue weighted by Gasteiger charge is 2.21. The quantitative estimate of drug-likeness (QED) is 0.867. The molecule has 1 amide bonds. The summed E-state index contributed by atoms with van der Waals surface area (Å²) in [4.78, 5) is 23.4. The van der Waals surface area contributed by atoms with Crippen molar-refractivity contribution >= 4 is 11.9 Å². The highest BCUT2D eigenvalue weighted by atomic mass is 16.5. The van der Waals surface area contributed by atoms with E-state index >= 15 is 0 Å². The van der Waals surface area contributed by atoms with Gasteiger partial charge in [-0.15, -0.1) is 0 Å². The van der Waals surface area contributed by atoms with Crippen molar-refractivity contribution in [3.8, 4) is 0 Å². The average Bonchev–Trinajstić information content (AvgIpc) is 2.83. The van der Waals surface area contributed by atoms with Gasteiger partial charge in [-0.1, -0.05) is 25.7 Å². The molecule has 0 unspecified atom stereocenters. The molecule has 1 N–H and O–H groups in total. The summed E-state index contributed by atoms with van der Waals surface area (Å²) in [7, 11) is 0. The number of aryl methyl sites for hydroxylation is 1. The summed E-state index contributed by atoms with van der Waals surface area (Å²) in [6, 6.07) is 2.20. The van der Waals surface area contributed by atoms with Crippen LogP contribution in [0.15, 0.2) is 6.07 Å². The Morgan fingerprint density at radius 3 is 2.57 bits per heavy atom. The van der Waals surface area contributed by atoms with Crippen LogP contribution in [0.3, 0.4) is 0 Å². The number of aromatic nitrogens is 2. The Hall–Kier alpha value is -1.69. The molecule has 23 heavy (non-hydrogen) atoms. The monoisotopic (exact) mass is 318 g/mol. The first-order valence-corrected chi connectivity index (χ1v) is 8.71. The maximum absolute atomic E-state index is 12.6. The third-order valence-corrected chi connectivity index (χ3v) is 4.56. The first kappa shape index (κ1) is 16.2. The van der Waals surface area contributed by atoms with Crippen LogP contribution < -0.4 is 5.32 Å². The van der Waals surface area contributed by atoms with Gasteiger partial charge in [-0.3, -0.25) is 4.79 Å². The highest BCUT2D eigenvalue weighted by molar-refractivity contribution is 5.92. The van der Waals surface area contributed by atoms with E-state index in [-0.39, 0.29) is 5.91 Å². The smallest absolute Gasteiger partial charge is 0.272 e. The number of hydrogen-bond acceptors (Lipinski definition) is 5. The van der Waals surface area contributed by atoms with Gasteiger partial charge in [-0.2, -0.15) is 0 Å². The third kappa shape index (κ3) is 4.41. The molecule has 0 radical (unpaired) electrons. The van der Waals surface area contributed by atoms with Crippen molar-refractivity contribution in [2.75, 3.05) is 31.6 Å². The normalized spacial score (nSPS) is 20.1. The first-order chi connectivity index (χ1) is 11.2. The zero-order valence-electron chi connectivity index (χ0n) is 13.9. The average molecular weight is 318 g/mol. The molecule has 1 aliphatic carbocycles. The molecule has 2 fully saturated rings. The van der Waals surface area contributed by atoms with E-state index in [1.54, 1.807) is 11.0 Å². The molecule has 1 aliphatic heterocycles. The van der Waals surface area contributed by atoms with Crippen LogP contribution in [0.1, 0.15) is 54.7 Å². The van der Waals surface area contributed by atoms with E-state index in [1.165, 1.54) is 25.7 Å². The summed E-state index contributed by atoms with van der Waals surface area (Å²) in [5.74, 6) is 0.566. The molecule has 6 heteroatoms. The van der Waals surface area contributed by atoms with Gasteiger partial charge < -0.3 is 15.0 Å². The summed E-state index contributed by atoms with van der Waals surface area (Å²) in [5.41, 5.74) is 1.31. The minimum atomic E-state index is -0.0253. The number of morpholine rings is 1. The van der Waals surface area contributed by atoms with E-state index in [0.29, 0.717) is 44.0 Å². The predicted molar refractivity (Wildman–Crippen MR) is 88.6 cm³/mol. The second-order valence-corrected chi connectivity index (χ2v) is 6.46. The SMILES string of the molecule is Cc1cc(C(=O)N2CCOCC2)nc(NC2CCCCCC2)n1. The van der Waals surface area contributed by atoms with Crippen LogP contribution in [0.5, 0.6) is 0 Å². The summed E-state index contributed by atoms with van der Waals surface area (Å²) >= 11 is 0. The molecule has 2 heterocycles. The van der Waals surface area contributed by atoms with E-state index in [4.69, 9.17) is 4.74 Å². The molecule has 3 rings (SSSR count). The molecule has 126 valence electrons. The third-order valence-electron chi connectivity index (χ3n) is 4.56. The molecule has 1 aromatic heterocycles. The van der Waals surface area contributed by atoms with Crippen LogP contribution in [0, 0.1) is 6.92 Å². The minimum Gasteiger partial charge on any atom is -0.378 e. The Bertz CT molecular complexity index is 535. The predicted octanol–water partition coefficient (Wildman–Crippen LogP) is 2.39. The van der Waals surface area contributed by atoms with Gasteiger partial charge in [-0.25, -0.2) is 9.97 Å². The van der Waals surface area contributed by atoms with Gasteiger partial charge in [0.25, 0.3) is 5.91 Å². The number of amides is 1. The van der Waals surface area contributed by atoms with Gasteiger partial charge in [0.1, 0.15) is 5.69 Å². The van der Waals surface area contributed by atoms with Crippen molar-refractivity contribution in [3.05, 3.63) is 17.5 Å². The number of carbonyl (C=O) groups is 1. The molecule has 0 aromatic carbocycles. The zero-order valence-corrected chi connectivity index (χ0v) is 13.9. The Morgan fingerprint density at radius 2 is 1.87 bits per heavy atom. The summed E-state index contributed by atoms with van der Waals surface area (Å²) in [6.07, 6.45) is 7.45. The van der Waals surface area contributed by atoms with E-state index in [2.05, 4.69) is 15.3 Å². The van der Waals surface area contributed by atoms with Crippen LogP contribution in [0.25, 0.3) is 0 Å². The number of hydrogen-bond donors (Lipinski definition) is 1. The van der Waals surface area contributed by atoms with Gasteiger partial charge in [0.15, 0.2) is 0 Å². The second-order valence-electron chi connectivity index (χ2n) is 6.46. The zero-order chi connectivity index (χ0) is 16.1. The molecule has 1 aromatic rings. The molecule has 0 atom stereocenters. The number of carbonyl (C=O) groups excluding carboxylic acids is 1. The van der Waals surface area contributed by atoms with E-state index in [1.807, 2.05) is 6.92 Å². The lowest BCUT2D eigenvalue weighted by Crippen LogP contribution is -2.41. The van der Waals surface area contributed by atoms with Gasteiger partial charge >= 0.3 is 0 Å². The van der Waals surface area contributed by atoms with Crippen LogP contribution in [0.2, 0.25) is 0 Å². The van der Waals surface area contributed by atoms with Crippen molar-refractivity contribution in [2.24, 2.45) is 0 Å². The van der Waals surface area contributed by atoms with Crippen molar-refractivity contribution in [1.82, 2.24) is 14.9 Å². The van der Waals surface area contributed by atoms with Gasteiger partial charge in [0, 0.05) is 24.8 Å². The Morgan fingerprint density at radius 1 is 1.17 bits per heavy atom. The number of nitrogens with zero attached hydrogens (tertiary/aromatic N) is 3. The summed E-state index contributed by atoms with van der Waals surface area (Å²) in [5, 5.41) is 3.44. The van der Waals surface area contributed by atoms with Crippen molar-refractivity contribution < 1.29 is 9.53 Å². The lowest BCUT2D eigenvalue weighted by molar-refractivity contribution is 0.0299. The van der Waals surface area contributed by atoms with E-state index in [0.717, 1.165) is 18.5 Å². The molecular formula is C17H26N4O2. The Kier molecular flexibility index (Phi) is 5.43. The molecule has 0 spiro atoms. The molecule has 1 saturated carbocycles. The standard InChI is InChI=1S/C17H26N4O2/c1-13-12-15(16(22)21-8-10-23-11-9-21)20-17(18-13)19-14-6-4-2-3-5-7-14/h12,14H,2-11H2,1H3,(H,18,19,20). The summed E-state index contributed by atoms with van der Waals surface area (Å²) in [6.45, 7) is 4.38. The summed E-state index contributed by atoms with van der Waals surface area (Å²) < 4.78 is 5.31. The highest BCUT2D eigenvalue weighted by Crippen LogP contribution is 2.20. The lowest BCUT2D eigenvalue weighted by Gasteiger charge is -2.26. The fourth-order valence-electron chi connectivity index (χ4n) is 3.28. The largest absolute Gasteiger partial charge is 0.378 e. The molecule has 0 bridgehead atoms. The maximum atomic E-state index is 12.6. The lowest BCUT2D eigenvalue weighted by atomic mass is 10.1. The first-order valence-electron chi connectivity index (χ1n) is 8.71. The fraction of sp³-hybridized carbons (Fsp3) is 0.706. The van der Waals surface area contributed by atoms with Gasteiger partial charge in [0.2, 0.25) is 5.95 Å². The number of anilines is 1. The second kappa shape index (κ2) is 7.73. The Labute approximate surface area is 137 Å². The van der Waals surface area contributed by atoms with Crippen LogP contribution in [-0.2, 0) is 4.74 Å². The molecule has 1 saturated heterocycles. The molecule has 2 aliphatic rings. The van der Waals surface area contributed by atoms with E-state index in [9.17, 15) is 4.79 Å². The van der Waals surface area contributed by atoms with Crippen LogP contribution >= 0.6 is 0 Å². The molecular weight excluding hydrogens is 292 g/mol. The maximum Gasteiger partial charge on any atom is 0.272 e. The number of rotatable bonds is 3. The van der Waals surface area contributed by atoms with Crippen molar-refractivity contribution in [2.45, 2.75) is 51.5 Å². The van der Waals surface area contributed by atoms with Crippen LogP contribution in [-0.4, -0.2) is 53.1 Å².